The lowest BCUT2D eigenvalue weighted by molar-refractivity contribution is 0.0538. The number of aryl methyl sites for hydroxylation is 6. The zero-order valence-electron chi connectivity index (χ0n) is 39.8. The number of para-hydroxylation sites is 2. The van der Waals surface area contributed by atoms with Gasteiger partial charge in [-0.2, -0.15) is 0 Å². The fourth-order valence-electron chi connectivity index (χ4n) is 9.46. The average Bonchev–Trinajstić information content (AvgIpc) is 3.32. The lowest BCUT2D eigenvalue weighted by Gasteiger charge is -2.32. The molecular formula is C62H62O4. The van der Waals surface area contributed by atoms with E-state index in [9.17, 15) is 0 Å². The molecule has 0 N–H and O–H groups in total. The number of hydrogen-bond acceptors (Lipinski definition) is 4. The molecule has 8 aromatic rings. The highest BCUT2D eigenvalue weighted by Crippen LogP contribution is 2.41. The van der Waals surface area contributed by atoms with Gasteiger partial charge in [-0.3, -0.25) is 0 Å². The van der Waals surface area contributed by atoms with Crippen molar-refractivity contribution < 1.29 is 18.9 Å². The maximum absolute atomic E-state index is 7.24. The summed E-state index contributed by atoms with van der Waals surface area (Å²) in [6.45, 7) is 18.6. The summed E-state index contributed by atoms with van der Waals surface area (Å²) in [5.74, 6) is 3.35. The molecule has 4 heteroatoms. The van der Waals surface area contributed by atoms with Crippen LogP contribution in [0.2, 0.25) is 0 Å². The first-order valence-corrected chi connectivity index (χ1v) is 23.2. The van der Waals surface area contributed by atoms with Gasteiger partial charge in [-0.05, 0) is 159 Å². The molecule has 0 saturated heterocycles. The van der Waals surface area contributed by atoms with Crippen LogP contribution in [0, 0.1) is 55.4 Å². The first-order chi connectivity index (χ1) is 32.0. The molecule has 8 aromatic carbocycles. The predicted octanol–water partition coefficient (Wildman–Crippen LogP) is 15.3. The summed E-state index contributed by atoms with van der Waals surface area (Å²) < 4.78 is 27.6. The molecule has 8 rings (SSSR count). The zero-order chi connectivity index (χ0) is 46.2. The number of benzene rings is 8. The van der Waals surface area contributed by atoms with Gasteiger partial charge in [-0.15, -0.1) is 0 Å². The van der Waals surface area contributed by atoms with E-state index in [2.05, 4.69) is 213 Å². The molecule has 0 radical (unpaired) electrons. The van der Waals surface area contributed by atoms with Crippen molar-refractivity contribution in [3.05, 3.63) is 237 Å². The van der Waals surface area contributed by atoms with Gasteiger partial charge in [0, 0.05) is 24.0 Å². The van der Waals surface area contributed by atoms with E-state index in [1.54, 1.807) is 0 Å². The molecule has 0 aliphatic rings. The highest BCUT2D eigenvalue weighted by Gasteiger charge is 2.31. The molecule has 0 aromatic heterocycles. The van der Waals surface area contributed by atoms with Gasteiger partial charge in [0.05, 0.1) is 0 Å². The maximum Gasteiger partial charge on any atom is 0.140 e. The Morgan fingerprint density at radius 2 is 0.712 bits per heavy atom. The SMILES string of the molecule is Cc1ccc(O[C@H](Cc2c(C)cc(C)c(-c3ccccc3OCc3ccccc3)c2C)[C@@H](Cc2c(C)cc(C)c(-c3ccccc3OCc3ccccc3)c2C)Oc2ccc(C)cc2)cc1. The second kappa shape index (κ2) is 20.9. The van der Waals surface area contributed by atoms with Gasteiger partial charge in [-0.25, -0.2) is 0 Å². The lowest BCUT2D eigenvalue weighted by Crippen LogP contribution is -2.40. The summed E-state index contributed by atoms with van der Waals surface area (Å²) in [4.78, 5) is 0. The Hall–Kier alpha value is -7.04. The predicted molar refractivity (Wildman–Crippen MR) is 272 cm³/mol. The summed E-state index contributed by atoms with van der Waals surface area (Å²) in [5.41, 5.74) is 18.9. The number of rotatable bonds is 17. The zero-order valence-corrected chi connectivity index (χ0v) is 39.8. The molecule has 0 aliphatic heterocycles. The average molecular weight is 871 g/mol. The van der Waals surface area contributed by atoms with Gasteiger partial charge in [0.25, 0.3) is 0 Å². The third-order valence-electron chi connectivity index (χ3n) is 12.9. The Labute approximate surface area is 392 Å². The van der Waals surface area contributed by atoms with Crippen LogP contribution in [0.3, 0.4) is 0 Å². The standard InChI is InChI=1S/C62H62O4/c1-41-27-31-51(32-28-41)65-59(37-55-43(3)35-45(5)61(47(55)7)53-23-15-17-25-57(53)63-39-49-19-11-9-12-20-49)60(66-52-33-29-42(2)30-34-52)38-56-44(4)36-46(6)62(48(56)8)54-24-16-18-26-58(54)64-40-50-21-13-10-14-22-50/h9-36,59-60H,37-40H2,1-8H3/t59-,60-/m1/s1. The Morgan fingerprint density at radius 3 is 1.09 bits per heavy atom. The van der Waals surface area contributed by atoms with E-state index in [0.29, 0.717) is 26.1 Å². The maximum atomic E-state index is 7.24. The van der Waals surface area contributed by atoms with Crippen molar-refractivity contribution in [2.75, 3.05) is 0 Å². The van der Waals surface area contributed by atoms with Gasteiger partial charge in [0.1, 0.15) is 48.4 Å². The first kappa shape index (κ1) is 45.5. The van der Waals surface area contributed by atoms with Crippen LogP contribution in [0.25, 0.3) is 22.3 Å². The second-order valence-electron chi connectivity index (χ2n) is 17.9. The van der Waals surface area contributed by atoms with Gasteiger partial charge < -0.3 is 18.9 Å². The van der Waals surface area contributed by atoms with Crippen LogP contribution in [0.4, 0.5) is 0 Å². The van der Waals surface area contributed by atoms with E-state index in [1.165, 1.54) is 66.8 Å². The molecule has 66 heavy (non-hydrogen) atoms. The largest absolute Gasteiger partial charge is 0.488 e. The summed E-state index contributed by atoms with van der Waals surface area (Å²) in [7, 11) is 0. The minimum atomic E-state index is -0.378. The summed E-state index contributed by atoms with van der Waals surface area (Å²) in [5, 5.41) is 0. The van der Waals surface area contributed by atoms with Crippen LogP contribution in [0.1, 0.15) is 66.8 Å². The summed E-state index contributed by atoms with van der Waals surface area (Å²) >= 11 is 0. The fraction of sp³-hybridized carbons (Fsp3) is 0.226. The van der Waals surface area contributed by atoms with Crippen molar-refractivity contribution in [1.29, 1.82) is 0 Å². The van der Waals surface area contributed by atoms with Crippen LogP contribution in [0.15, 0.2) is 170 Å². The normalized spacial score (nSPS) is 12.1. The fourth-order valence-corrected chi connectivity index (χ4v) is 9.46. The monoisotopic (exact) mass is 870 g/mol. The minimum Gasteiger partial charge on any atom is -0.488 e. The van der Waals surface area contributed by atoms with Gasteiger partial charge in [0.15, 0.2) is 0 Å². The lowest BCUT2D eigenvalue weighted by atomic mass is 9.84. The van der Waals surface area contributed by atoms with Crippen LogP contribution in [-0.2, 0) is 26.1 Å². The summed E-state index contributed by atoms with van der Waals surface area (Å²) in [6, 6.07) is 59.0. The highest BCUT2D eigenvalue weighted by molar-refractivity contribution is 5.79. The number of hydrogen-bond donors (Lipinski definition) is 0. The van der Waals surface area contributed by atoms with Crippen molar-refractivity contribution in [2.45, 2.75) is 93.7 Å². The van der Waals surface area contributed by atoms with Crippen LogP contribution in [-0.4, -0.2) is 12.2 Å². The minimum absolute atomic E-state index is 0.378. The molecule has 0 amide bonds. The van der Waals surface area contributed by atoms with E-state index < -0.39 is 0 Å². The highest BCUT2D eigenvalue weighted by atomic mass is 16.5. The smallest absolute Gasteiger partial charge is 0.140 e. The van der Waals surface area contributed by atoms with Gasteiger partial charge in [-0.1, -0.05) is 145 Å². The molecule has 2 atom stereocenters. The Morgan fingerprint density at radius 1 is 0.364 bits per heavy atom. The summed E-state index contributed by atoms with van der Waals surface area (Å²) in [6.07, 6.45) is 0.484. The molecular weight excluding hydrogens is 809 g/mol. The third kappa shape index (κ3) is 10.7. The van der Waals surface area contributed by atoms with Crippen molar-refractivity contribution in [3.8, 4) is 45.3 Å². The van der Waals surface area contributed by atoms with Crippen LogP contribution in [0.5, 0.6) is 23.0 Å². The van der Waals surface area contributed by atoms with Crippen LogP contribution >= 0.6 is 0 Å². The van der Waals surface area contributed by atoms with E-state index in [-0.39, 0.29) is 12.2 Å². The molecule has 0 spiro atoms. The van der Waals surface area contributed by atoms with E-state index in [1.807, 2.05) is 12.1 Å². The Bertz CT molecular complexity index is 2680. The quantitative estimate of drug-likeness (QED) is 0.0913. The molecule has 0 bridgehead atoms. The van der Waals surface area contributed by atoms with Gasteiger partial charge in [0.2, 0.25) is 0 Å². The molecule has 0 saturated carbocycles. The number of ether oxygens (including phenoxy) is 4. The van der Waals surface area contributed by atoms with Crippen molar-refractivity contribution in [1.82, 2.24) is 0 Å². The molecule has 0 unspecified atom stereocenters. The van der Waals surface area contributed by atoms with Crippen molar-refractivity contribution in [3.63, 3.8) is 0 Å². The van der Waals surface area contributed by atoms with E-state index >= 15 is 0 Å². The first-order valence-electron chi connectivity index (χ1n) is 23.2. The molecule has 0 aliphatic carbocycles. The molecule has 4 nitrogen and oxygen atoms in total. The van der Waals surface area contributed by atoms with Crippen molar-refractivity contribution >= 4 is 0 Å². The molecule has 334 valence electrons. The van der Waals surface area contributed by atoms with Crippen molar-refractivity contribution in [2.24, 2.45) is 0 Å². The topological polar surface area (TPSA) is 36.9 Å². The van der Waals surface area contributed by atoms with E-state index in [0.717, 1.165) is 45.3 Å². The Balaban J connectivity index is 1.22. The molecule has 0 heterocycles. The third-order valence-corrected chi connectivity index (χ3v) is 12.9. The second-order valence-corrected chi connectivity index (χ2v) is 17.9. The van der Waals surface area contributed by atoms with Gasteiger partial charge >= 0.3 is 0 Å². The Kier molecular flexibility index (Phi) is 14.4. The van der Waals surface area contributed by atoms with Crippen LogP contribution < -0.4 is 18.9 Å². The van der Waals surface area contributed by atoms with E-state index in [4.69, 9.17) is 18.9 Å². The molecule has 0 fully saturated rings.